The number of carboxylic acids is 1. The standard InChI is InChI=1S/C13H11ClO5/c14-8-4-10-9(3-7(8)11(15)12(16)17)18-5-13(1-2-13)6-19-10/h3-4H,1-2,5-6H2,(H,16,17). The predicted octanol–water partition coefficient (Wildman–Crippen LogP) is 2.16. The summed E-state index contributed by atoms with van der Waals surface area (Å²) in [6.07, 6.45) is 2.10. The third kappa shape index (κ3) is 2.14. The molecule has 1 aromatic carbocycles. The van der Waals surface area contributed by atoms with Gasteiger partial charge in [-0.25, -0.2) is 4.79 Å². The van der Waals surface area contributed by atoms with Gasteiger partial charge in [-0.05, 0) is 18.9 Å². The summed E-state index contributed by atoms with van der Waals surface area (Å²) in [6.45, 7) is 1.07. The predicted molar refractivity (Wildman–Crippen MR) is 66.1 cm³/mol. The fraction of sp³-hybridized carbons (Fsp3) is 0.385. The summed E-state index contributed by atoms with van der Waals surface area (Å²) in [7, 11) is 0. The van der Waals surface area contributed by atoms with Crippen molar-refractivity contribution in [2.75, 3.05) is 13.2 Å². The van der Waals surface area contributed by atoms with Crippen LogP contribution in [0.4, 0.5) is 0 Å². The van der Waals surface area contributed by atoms with E-state index >= 15 is 0 Å². The molecule has 0 bridgehead atoms. The Morgan fingerprint density at radius 2 is 1.74 bits per heavy atom. The summed E-state index contributed by atoms with van der Waals surface area (Å²) >= 11 is 5.92. The van der Waals surface area contributed by atoms with Gasteiger partial charge in [-0.3, -0.25) is 4.79 Å². The lowest BCUT2D eigenvalue weighted by Crippen LogP contribution is -2.17. The molecule has 1 spiro atoms. The lowest BCUT2D eigenvalue weighted by atomic mass is 10.1. The largest absolute Gasteiger partial charge is 0.489 e. The van der Waals surface area contributed by atoms with E-state index in [1.165, 1.54) is 12.1 Å². The Hall–Kier alpha value is -1.75. The lowest BCUT2D eigenvalue weighted by Gasteiger charge is -2.09. The van der Waals surface area contributed by atoms with Crippen molar-refractivity contribution in [3.63, 3.8) is 0 Å². The Labute approximate surface area is 114 Å². The van der Waals surface area contributed by atoms with Crippen LogP contribution in [0.5, 0.6) is 11.5 Å². The zero-order valence-electron chi connectivity index (χ0n) is 9.94. The van der Waals surface area contributed by atoms with E-state index in [0.29, 0.717) is 24.7 Å². The van der Waals surface area contributed by atoms with Crippen molar-refractivity contribution in [2.24, 2.45) is 5.41 Å². The lowest BCUT2D eigenvalue weighted by molar-refractivity contribution is -0.131. The Bertz CT molecular complexity index is 577. The van der Waals surface area contributed by atoms with E-state index in [1.54, 1.807) is 0 Å². The molecule has 100 valence electrons. The first kappa shape index (κ1) is 12.3. The smallest absolute Gasteiger partial charge is 0.377 e. The normalized spacial score (nSPS) is 18.8. The van der Waals surface area contributed by atoms with Crippen molar-refractivity contribution in [1.29, 1.82) is 0 Å². The van der Waals surface area contributed by atoms with Crippen LogP contribution in [0.2, 0.25) is 5.02 Å². The zero-order valence-corrected chi connectivity index (χ0v) is 10.7. The molecule has 1 aliphatic heterocycles. The summed E-state index contributed by atoms with van der Waals surface area (Å²) in [5, 5.41) is 8.79. The summed E-state index contributed by atoms with van der Waals surface area (Å²) in [4.78, 5) is 22.2. The van der Waals surface area contributed by atoms with Crippen molar-refractivity contribution in [3.8, 4) is 11.5 Å². The molecular formula is C13H11ClO5. The minimum atomic E-state index is -1.55. The molecule has 0 radical (unpaired) electrons. The Morgan fingerprint density at radius 3 is 2.26 bits per heavy atom. The number of benzene rings is 1. The highest BCUT2D eigenvalue weighted by Crippen LogP contribution is 2.49. The van der Waals surface area contributed by atoms with Gasteiger partial charge in [0.05, 0.1) is 23.8 Å². The van der Waals surface area contributed by atoms with Gasteiger partial charge in [0, 0.05) is 11.5 Å². The second kappa shape index (κ2) is 4.13. The Balaban J connectivity index is 1.97. The van der Waals surface area contributed by atoms with E-state index < -0.39 is 11.8 Å². The maximum absolute atomic E-state index is 11.5. The zero-order chi connectivity index (χ0) is 13.6. The average Bonchev–Trinajstić information content (AvgIpc) is 3.16. The molecule has 19 heavy (non-hydrogen) atoms. The maximum atomic E-state index is 11.5. The molecule has 1 aliphatic carbocycles. The molecule has 5 nitrogen and oxygen atoms in total. The molecule has 0 aromatic heterocycles. The van der Waals surface area contributed by atoms with Gasteiger partial charge in [-0.1, -0.05) is 11.6 Å². The van der Waals surface area contributed by atoms with Gasteiger partial charge in [0.1, 0.15) is 0 Å². The third-order valence-electron chi connectivity index (χ3n) is 3.50. The molecule has 6 heteroatoms. The first-order valence-electron chi connectivity index (χ1n) is 5.88. The van der Waals surface area contributed by atoms with Crippen molar-refractivity contribution in [3.05, 3.63) is 22.7 Å². The van der Waals surface area contributed by atoms with E-state index in [9.17, 15) is 9.59 Å². The van der Waals surface area contributed by atoms with E-state index in [2.05, 4.69) is 0 Å². The number of Topliss-reactive ketones (excluding diaryl/α,β-unsaturated/α-hetero) is 1. The third-order valence-corrected chi connectivity index (χ3v) is 3.81. The van der Waals surface area contributed by atoms with Gasteiger partial charge in [0.2, 0.25) is 0 Å². The first-order chi connectivity index (χ1) is 9.01. The molecule has 0 saturated heterocycles. The van der Waals surface area contributed by atoms with Crippen LogP contribution in [-0.2, 0) is 4.79 Å². The van der Waals surface area contributed by atoms with Gasteiger partial charge in [0.15, 0.2) is 11.5 Å². The molecule has 0 unspecified atom stereocenters. The van der Waals surface area contributed by atoms with Crippen LogP contribution < -0.4 is 9.47 Å². The molecule has 1 saturated carbocycles. The summed E-state index contributed by atoms with van der Waals surface area (Å²) in [5.74, 6) is -1.77. The molecule has 1 fully saturated rings. The van der Waals surface area contributed by atoms with Gasteiger partial charge >= 0.3 is 5.97 Å². The fourth-order valence-corrected chi connectivity index (χ4v) is 2.26. The molecule has 1 N–H and O–H groups in total. The maximum Gasteiger partial charge on any atom is 0.377 e. The quantitative estimate of drug-likeness (QED) is 0.665. The highest BCUT2D eigenvalue weighted by Gasteiger charge is 2.46. The SMILES string of the molecule is O=C(O)C(=O)c1cc2c(cc1Cl)OCC1(CC1)CO2. The Kier molecular flexibility index (Phi) is 2.67. The van der Waals surface area contributed by atoms with E-state index in [-0.39, 0.29) is 16.0 Å². The second-order valence-corrected chi connectivity index (χ2v) is 5.40. The van der Waals surface area contributed by atoms with Gasteiger partial charge in [-0.15, -0.1) is 0 Å². The van der Waals surface area contributed by atoms with Gasteiger partial charge in [-0.2, -0.15) is 0 Å². The summed E-state index contributed by atoms with van der Waals surface area (Å²) in [6, 6.07) is 2.78. The van der Waals surface area contributed by atoms with Crippen LogP contribution in [0.3, 0.4) is 0 Å². The van der Waals surface area contributed by atoms with Crippen molar-refractivity contribution in [2.45, 2.75) is 12.8 Å². The highest BCUT2D eigenvalue weighted by molar-refractivity contribution is 6.45. The molecule has 1 heterocycles. The van der Waals surface area contributed by atoms with E-state index in [1.807, 2.05) is 0 Å². The van der Waals surface area contributed by atoms with Crippen LogP contribution in [0.1, 0.15) is 23.2 Å². The monoisotopic (exact) mass is 282 g/mol. The molecule has 0 amide bonds. The van der Waals surface area contributed by atoms with Crippen LogP contribution in [-0.4, -0.2) is 30.1 Å². The number of carboxylic acid groups (broad SMARTS) is 1. The number of ketones is 1. The van der Waals surface area contributed by atoms with Gasteiger partial charge in [0.25, 0.3) is 5.78 Å². The number of hydrogen-bond acceptors (Lipinski definition) is 4. The fourth-order valence-electron chi connectivity index (χ4n) is 2.02. The molecular weight excluding hydrogens is 272 g/mol. The van der Waals surface area contributed by atoms with Crippen LogP contribution in [0.15, 0.2) is 12.1 Å². The molecule has 1 aromatic rings. The highest BCUT2D eigenvalue weighted by atomic mass is 35.5. The summed E-state index contributed by atoms with van der Waals surface area (Å²) in [5.41, 5.74) is -0.00842. The van der Waals surface area contributed by atoms with E-state index in [4.69, 9.17) is 26.2 Å². The van der Waals surface area contributed by atoms with Crippen LogP contribution in [0.25, 0.3) is 0 Å². The number of carbonyl (C=O) groups excluding carboxylic acids is 1. The van der Waals surface area contributed by atoms with Crippen molar-refractivity contribution >= 4 is 23.4 Å². The molecule has 2 aliphatic rings. The number of ether oxygens (including phenoxy) is 2. The first-order valence-corrected chi connectivity index (χ1v) is 6.25. The van der Waals surface area contributed by atoms with Crippen molar-refractivity contribution < 1.29 is 24.2 Å². The minimum Gasteiger partial charge on any atom is -0.489 e. The Morgan fingerprint density at radius 1 is 1.16 bits per heavy atom. The van der Waals surface area contributed by atoms with Crippen LogP contribution >= 0.6 is 11.6 Å². The second-order valence-electron chi connectivity index (χ2n) is 4.99. The summed E-state index contributed by atoms with van der Waals surface area (Å²) < 4.78 is 11.3. The molecule has 0 atom stereocenters. The number of fused-ring (bicyclic) bond motifs is 1. The number of aliphatic carboxylic acids is 1. The number of halogens is 1. The number of carbonyl (C=O) groups is 2. The minimum absolute atomic E-state index is 0.0569. The number of rotatable bonds is 2. The van der Waals surface area contributed by atoms with Crippen molar-refractivity contribution in [1.82, 2.24) is 0 Å². The number of hydrogen-bond donors (Lipinski definition) is 1. The topological polar surface area (TPSA) is 72.8 Å². The van der Waals surface area contributed by atoms with Gasteiger partial charge < -0.3 is 14.6 Å². The van der Waals surface area contributed by atoms with Crippen LogP contribution in [0, 0.1) is 5.41 Å². The van der Waals surface area contributed by atoms with E-state index in [0.717, 1.165) is 12.8 Å². The molecule has 3 rings (SSSR count). The average molecular weight is 283 g/mol.